The number of nitrogens with zero attached hydrogens (tertiary/aromatic N) is 1. The van der Waals surface area contributed by atoms with E-state index in [4.69, 9.17) is 5.73 Å². The molecule has 2 rings (SSSR count). The molecule has 2 aromatic rings. The number of thiophene rings is 1. The van der Waals surface area contributed by atoms with Crippen LogP contribution in [0.3, 0.4) is 0 Å². The van der Waals surface area contributed by atoms with Crippen LogP contribution in [0.2, 0.25) is 0 Å². The van der Waals surface area contributed by atoms with Crippen molar-refractivity contribution in [3.63, 3.8) is 0 Å². The van der Waals surface area contributed by atoms with Gasteiger partial charge in [0.05, 0.1) is 10.6 Å². The first kappa shape index (κ1) is 11.1. The number of pyridine rings is 1. The Bertz CT molecular complexity index is 572. The van der Waals surface area contributed by atoms with Crippen molar-refractivity contribution in [2.75, 3.05) is 5.73 Å². The molecule has 0 aliphatic heterocycles. The van der Waals surface area contributed by atoms with Crippen molar-refractivity contribution in [1.82, 2.24) is 4.98 Å². The molecule has 0 saturated heterocycles. The Morgan fingerprint density at radius 1 is 1.56 bits per heavy atom. The Labute approximate surface area is 98.3 Å². The molecule has 0 spiro atoms. The number of carbonyl (C=O) groups is 1. The van der Waals surface area contributed by atoms with Crippen LogP contribution in [0, 0.1) is 6.92 Å². The Morgan fingerprint density at radius 2 is 2.25 bits per heavy atom. The summed E-state index contributed by atoms with van der Waals surface area (Å²) in [6.45, 7) is 5.63. The number of hydrogen-bond acceptors (Lipinski definition) is 4. The van der Waals surface area contributed by atoms with Gasteiger partial charge < -0.3 is 5.73 Å². The van der Waals surface area contributed by atoms with Gasteiger partial charge in [-0.3, -0.25) is 4.79 Å². The summed E-state index contributed by atoms with van der Waals surface area (Å²) in [5.74, 6) is 0.0104. The van der Waals surface area contributed by atoms with Gasteiger partial charge in [0.2, 0.25) is 0 Å². The number of carbonyl (C=O) groups excluding carboxylic acids is 1. The Hall–Kier alpha value is -1.42. The van der Waals surface area contributed by atoms with Crippen molar-refractivity contribution < 1.29 is 4.79 Å². The normalized spacial score (nSPS) is 10.9. The number of rotatable bonds is 2. The van der Waals surface area contributed by atoms with Gasteiger partial charge in [-0.25, -0.2) is 4.98 Å². The molecule has 2 N–H and O–H groups in total. The summed E-state index contributed by atoms with van der Waals surface area (Å²) >= 11 is 1.38. The summed E-state index contributed by atoms with van der Waals surface area (Å²) in [4.78, 5) is 17.4. The van der Waals surface area contributed by atoms with Crippen molar-refractivity contribution in [2.24, 2.45) is 0 Å². The van der Waals surface area contributed by atoms with Crippen molar-refractivity contribution in [3.05, 3.63) is 22.2 Å². The minimum atomic E-state index is 0.0104. The molecule has 0 bridgehead atoms. The highest BCUT2D eigenvalue weighted by atomic mass is 32.1. The number of nitrogen functional groups attached to an aromatic ring is 1. The summed E-state index contributed by atoms with van der Waals surface area (Å²) in [5.41, 5.74) is 8.73. The van der Waals surface area contributed by atoms with Crippen LogP contribution >= 0.6 is 11.3 Å². The molecule has 0 saturated carbocycles. The van der Waals surface area contributed by atoms with Gasteiger partial charge in [0.1, 0.15) is 4.83 Å². The molecule has 2 aromatic heterocycles. The number of aryl methyl sites for hydroxylation is 2. The lowest BCUT2D eigenvalue weighted by atomic mass is 10.1. The summed E-state index contributed by atoms with van der Waals surface area (Å²) in [6, 6.07) is 2.03. The number of hydrogen-bond donors (Lipinski definition) is 1. The van der Waals surface area contributed by atoms with Crippen LogP contribution in [0.15, 0.2) is 6.07 Å². The van der Waals surface area contributed by atoms with Crippen molar-refractivity contribution in [1.29, 1.82) is 0 Å². The molecule has 0 unspecified atom stereocenters. The summed E-state index contributed by atoms with van der Waals surface area (Å²) in [6.07, 6.45) is 0.898. The lowest BCUT2D eigenvalue weighted by Crippen LogP contribution is -1.95. The molecule has 0 amide bonds. The van der Waals surface area contributed by atoms with E-state index in [0.29, 0.717) is 10.6 Å². The van der Waals surface area contributed by atoms with E-state index in [9.17, 15) is 4.79 Å². The van der Waals surface area contributed by atoms with Gasteiger partial charge in [-0.1, -0.05) is 6.92 Å². The number of fused-ring (bicyclic) bond motifs is 1. The fourth-order valence-corrected chi connectivity index (χ4v) is 2.79. The third-order valence-electron chi connectivity index (χ3n) is 2.67. The maximum absolute atomic E-state index is 11.4. The Morgan fingerprint density at radius 3 is 2.81 bits per heavy atom. The molecule has 0 aliphatic rings. The van der Waals surface area contributed by atoms with Crippen LogP contribution in [0.4, 0.5) is 5.69 Å². The molecule has 16 heavy (non-hydrogen) atoms. The molecule has 0 atom stereocenters. The monoisotopic (exact) mass is 234 g/mol. The SMILES string of the molecule is CCc1nc2sc(C(C)=O)c(N)c2cc1C. The highest BCUT2D eigenvalue weighted by molar-refractivity contribution is 7.21. The summed E-state index contributed by atoms with van der Waals surface area (Å²) in [5, 5.41) is 0.907. The minimum Gasteiger partial charge on any atom is -0.397 e. The first-order chi connectivity index (χ1) is 7.54. The third-order valence-corrected chi connectivity index (χ3v) is 3.89. The fourth-order valence-electron chi connectivity index (χ4n) is 1.80. The van der Waals surface area contributed by atoms with Crippen LogP contribution in [0.5, 0.6) is 0 Å². The van der Waals surface area contributed by atoms with Crippen molar-refractivity contribution >= 4 is 33.0 Å². The maximum atomic E-state index is 11.4. The molecule has 2 heterocycles. The predicted octanol–water partition coefficient (Wildman–Crippen LogP) is 2.95. The second-order valence-corrected chi connectivity index (χ2v) is 4.86. The zero-order valence-electron chi connectivity index (χ0n) is 9.63. The van der Waals surface area contributed by atoms with Gasteiger partial charge in [0, 0.05) is 18.0 Å². The molecule has 84 valence electrons. The molecule has 0 fully saturated rings. The molecular formula is C12H14N2OS. The Kier molecular flexibility index (Phi) is 2.68. The van der Waals surface area contributed by atoms with Gasteiger partial charge in [0.15, 0.2) is 5.78 Å². The van der Waals surface area contributed by atoms with Crippen molar-refractivity contribution in [2.45, 2.75) is 27.2 Å². The van der Waals surface area contributed by atoms with Gasteiger partial charge >= 0.3 is 0 Å². The van der Waals surface area contributed by atoms with E-state index < -0.39 is 0 Å². The van der Waals surface area contributed by atoms with Gasteiger partial charge in [0.25, 0.3) is 0 Å². The van der Waals surface area contributed by atoms with Crippen LogP contribution in [0.25, 0.3) is 10.2 Å². The first-order valence-corrected chi connectivity index (χ1v) is 6.05. The van der Waals surface area contributed by atoms with E-state index in [1.165, 1.54) is 18.3 Å². The molecule has 3 nitrogen and oxygen atoms in total. The number of anilines is 1. The first-order valence-electron chi connectivity index (χ1n) is 5.24. The second-order valence-electron chi connectivity index (χ2n) is 3.86. The molecule has 0 radical (unpaired) electrons. The van der Waals surface area contributed by atoms with E-state index in [-0.39, 0.29) is 5.78 Å². The Balaban J connectivity index is 2.77. The molecular weight excluding hydrogens is 220 g/mol. The standard InChI is InChI=1S/C12H14N2OS/c1-4-9-6(2)5-8-10(13)11(7(3)15)16-12(8)14-9/h5H,4,13H2,1-3H3. The minimum absolute atomic E-state index is 0.0104. The quantitative estimate of drug-likeness (QED) is 0.813. The molecule has 0 aliphatic carbocycles. The largest absolute Gasteiger partial charge is 0.397 e. The maximum Gasteiger partial charge on any atom is 0.171 e. The smallest absolute Gasteiger partial charge is 0.171 e. The topological polar surface area (TPSA) is 56.0 Å². The summed E-state index contributed by atoms with van der Waals surface area (Å²) in [7, 11) is 0. The van der Waals surface area contributed by atoms with Gasteiger partial charge in [-0.15, -0.1) is 11.3 Å². The average Bonchev–Trinajstić information content (AvgIpc) is 2.55. The van der Waals surface area contributed by atoms with Crippen molar-refractivity contribution in [3.8, 4) is 0 Å². The average molecular weight is 234 g/mol. The van der Waals surface area contributed by atoms with E-state index >= 15 is 0 Å². The van der Waals surface area contributed by atoms with E-state index in [1.807, 2.05) is 13.0 Å². The fraction of sp³-hybridized carbons (Fsp3) is 0.333. The highest BCUT2D eigenvalue weighted by Gasteiger charge is 2.15. The number of aromatic nitrogens is 1. The zero-order chi connectivity index (χ0) is 11.9. The predicted molar refractivity (Wildman–Crippen MR) is 68.2 cm³/mol. The lowest BCUT2D eigenvalue weighted by molar-refractivity contribution is 0.102. The van der Waals surface area contributed by atoms with Gasteiger partial charge in [-0.05, 0) is 25.0 Å². The van der Waals surface area contributed by atoms with Crippen LogP contribution in [-0.2, 0) is 6.42 Å². The highest BCUT2D eigenvalue weighted by Crippen LogP contribution is 2.33. The number of ketones is 1. The summed E-state index contributed by atoms with van der Waals surface area (Å²) < 4.78 is 0. The van der Waals surface area contributed by atoms with E-state index in [0.717, 1.165) is 27.9 Å². The van der Waals surface area contributed by atoms with Crippen LogP contribution in [0.1, 0.15) is 34.8 Å². The number of Topliss-reactive ketones (excluding diaryl/α,β-unsaturated/α-hetero) is 1. The van der Waals surface area contributed by atoms with E-state index in [2.05, 4.69) is 11.9 Å². The number of nitrogens with two attached hydrogens (primary N) is 1. The second kappa shape index (κ2) is 3.87. The van der Waals surface area contributed by atoms with E-state index in [1.54, 1.807) is 0 Å². The lowest BCUT2D eigenvalue weighted by Gasteiger charge is -2.01. The third kappa shape index (κ3) is 1.59. The molecule has 4 heteroatoms. The van der Waals surface area contributed by atoms with Crippen LogP contribution in [-0.4, -0.2) is 10.8 Å². The molecule has 0 aromatic carbocycles. The van der Waals surface area contributed by atoms with Crippen LogP contribution < -0.4 is 5.73 Å². The van der Waals surface area contributed by atoms with Gasteiger partial charge in [-0.2, -0.15) is 0 Å². The zero-order valence-corrected chi connectivity index (χ0v) is 10.4.